The first kappa shape index (κ1) is 13.0. The van der Waals surface area contributed by atoms with E-state index in [2.05, 4.69) is 9.72 Å². The number of aromatic nitrogens is 1. The van der Waals surface area contributed by atoms with Crippen LogP contribution < -0.4 is 0 Å². The topological polar surface area (TPSA) is 63.0 Å². The van der Waals surface area contributed by atoms with Gasteiger partial charge in [0.05, 0.1) is 30.4 Å². The van der Waals surface area contributed by atoms with Crippen LogP contribution in [0, 0.1) is 17.1 Å². The number of ether oxygens (including phenoxy) is 1. The van der Waals surface area contributed by atoms with Crippen molar-refractivity contribution in [3.8, 4) is 6.07 Å². The Balaban J connectivity index is 3.24. The number of carbonyl (C=O) groups is 1. The SMILES string of the molecule is COC(=O)Cc1ncc(C#N)c(C(F)F)c1F. The highest BCUT2D eigenvalue weighted by atomic mass is 19.3. The molecule has 0 spiro atoms. The van der Waals surface area contributed by atoms with E-state index in [4.69, 9.17) is 5.26 Å². The Hall–Kier alpha value is -2.10. The summed E-state index contributed by atoms with van der Waals surface area (Å²) in [5.41, 5.74) is -2.06. The first-order valence-electron chi connectivity index (χ1n) is 4.43. The van der Waals surface area contributed by atoms with E-state index >= 15 is 0 Å². The smallest absolute Gasteiger partial charge is 0.311 e. The van der Waals surface area contributed by atoms with Crippen molar-refractivity contribution in [2.45, 2.75) is 12.8 Å². The number of hydrogen-bond donors (Lipinski definition) is 0. The van der Waals surface area contributed by atoms with Gasteiger partial charge in [-0.25, -0.2) is 13.2 Å². The number of pyridine rings is 1. The molecule has 0 atom stereocenters. The molecule has 0 amide bonds. The van der Waals surface area contributed by atoms with E-state index in [1.54, 1.807) is 0 Å². The molecule has 1 aromatic heterocycles. The Kier molecular flexibility index (Phi) is 4.04. The van der Waals surface area contributed by atoms with Gasteiger partial charge in [-0.3, -0.25) is 9.78 Å². The third kappa shape index (κ3) is 2.72. The summed E-state index contributed by atoms with van der Waals surface area (Å²) in [6.45, 7) is 0. The number of esters is 1. The number of carbonyl (C=O) groups excluding carboxylic acids is 1. The molecule has 7 heteroatoms. The molecule has 0 aliphatic rings. The molecular weight excluding hydrogens is 237 g/mol. The molecule has 90 valence electrons. The lowest BCUT2D eigenvalue weighted by molar-refractivity contribution is -0.139. The standard InChI is InChI=1S/C10H7F3N2O2/c1-17-7(16)2-6-9(11)8(10(12)13)5(3-14)4-15-6/h4,10H,2H2,1H3. The second kappa shape index (κ2) is 5.30. The highest BCUT2D eigenvalue weighted by molar-refractivity contribution is 5.72. The number of rotatable bonds is 3. The maximum Gasteiger partial charge on any atom is 0.311 e. The molecule has 1 rings (SSSR count). The molecule has 0 N–H and O–H groups in total. The minimum atomic E-state index is -3.15. The fraction of sp³-hybridized carbons (Fsp3) is 0.300. The zero-order valence-corrected chi connectivity index (χ0v) is 8.71. The Morgan fingerprint density at radius 3 is 2.76 bits per heavy atom. The van der Waals surface area contributed by atoms with E-state index in [1.807, 2.05) is 0 Å². The van der Waals surface area contributed by atoms with Gasteiger partial charge in [0.25, 0.3) is 6.43 Å². The second-order valence-electron chi connectivity index (χ2n) is 3.01. The van der Waals surface area contributed by atoms with Gasteiger partial charge in [-0.15, -0.1) is 0 Å². The lowest BCUT2D eigenvalue weighted by Crippen LogP contribution is -2.11. The number of halogens is 3. The zero-order valence-electron chi connectivity index (χ0n) is 8.71. The molecule has 0 radical (unpaired) electrons. The van der Waals surface area contributed by atoms with Crippen LogP contribution in [-0.4, -0.2) is 18.1 Å². The van der Waals surface area contributed by atoms with Crippen LogP contribution in [0.2, 0.25) is 0 Å². The molecule has 0 saturated carbocycles. The molecule has 0 aliphatic carbocycles. The lowest BCUT2D eigenvalue weighted by Gasteiger charge is -2.07. The van der Waals surface area contributed by atoms with Crippen LogP contribution in [-0.2, 0) is 16.0 Å². The van der Waals surface area contributed by atoms with E-state index in [9.17, 15) is 18.0 Å². The molecule has 1 heterocycles. The Morgan fingerprint density at radius 2 is 2.29 bits per heavy atom. The molecule has 0 fully saturated rings. The highest BCUT2D eigenvalue weighted by Gasteiger charge is 2.23. The zero-order chi connectivity index (χ0) is 13.0. The Labute approximate surface area is 94.6 Å². The van der Waals surface area contributed by atoms with Crippen LogP contribution in [0.15, 0.2) is 6.20 Å². The van der Waals surface area contributed by atoms with Crippen LogP contribution in [0.25, 0.3) is 0 Å². The number of hydrogen-bond acceptors (Lipinski definition) is 4. The second-order valence-corrected chi connectivity index (χ2v) is 3.01. The largest absolute Gasteiger partial charge is 0.469 e. The number of alkyl halides is 2. The normalized spacial score (nSPS) is 10.1. The maximum absolute atomic E-state index is 13.6. The molecule has 0 aromatic carbocycles. The first-order valence-corrected chi connectivity index (χ1v) is 4.43. The third-order valence-corrected chi connectivity index (χ3v) is 2.01. The minimum absolute atomic E-state index is 0.467. The predicted molar refractivity (Wildman–Crippen MR) is 49.6 cm³/mol. The van der Waals surface area contributed by atoms with Crippen molar-refractivity contribution in [1.29, 1.82) is 5.26 Å². The van der Waals surface area contributed by atoms with Gasteiger partial charge in [-0.05, 0) is 0 Å². The van der Waals surface area contributed by atoms with Crippen molar-refractivity contribution in [2.24, 2.45) is 0 Å². The summed E-state index contributed by atoms with van der Waals surface area (Å²) < 4.78 is 42.9. The van der Waals surface area contributed by atoms with Crippen molar-refractivity contribution in [2.75, 3.05) is 7.11 Å². The van der Waals surface area contributed by atoms with Crippen molar-refractivity contribution < 1.29 is 22.7 Å². The molecule has 0 bridgehead atoms. The molecule has 1 aromatic rings. The molecule has 4 nitrogen and oxygen atoms in total. The van der Waals surface area contributed by atoms with Crippen molar-refractivity contribution in [1.82, 2.24) is 4.98 Å². The van der Waals surface area contributed by atoms with Gasteiger partial charge >= 0.3 is 5.97 Å². The Bertz CT molecular complexity index is 483. The van der Waals surface area contributed by atoms with Crippen LogP contribution >= 0.6 is 0 Å². The fourth-order valence-corrected chi connectivity index (χ4v) is 1.18. The monoisotopic (exact) mass is 244 g/mol. The molecule has 0 unspecified atom stereocenters. The van der Waals surface area contributed by atoms with Gasteiger partial charge in [-0.2, -0.15) is 5.26 Å². The van der Waals surface area contributed by atoms with Crippen molar-refractivity contribution in [3.05, 3.63) is 28.8 Å². The van der Waals surface area contributed by atoms with Gasteiger partial charge in [0.2, 0.25) is 0 Å². The molecule has 0 saturated heterocycles. The quantitative estimate of drug-likeness (QED) is 0.760. The molecule has 0 aliphatic heterocycles. The third-order valence-electron chi connectivity index (χ3n) is 2.01. The van der Waals surface area contributed by atoms with E-state index in [0.717, 1.165) is 13.3 Å². The van der Waals surface area contributed by atoms with E-state index in [1.165, 1.54) is 6.07 Å². The summed E-state index contributed by atoms with van der Waals surface area (Å²) in [7, 11) is 1.08. The van der Waals surface area contributed by atoms with Gasteiger partial charge < -0.3 is 4.74 Å². The summed E-state index contributed by atoms with van der Waals surface area (Å²) in [5.74, 6) is -2.15. The van der Waals surface area contributed by atoms with Crippen LogP contribution in [0.5, 0.6) is 0 Å². The minimum Gasteiger partial charge on any atom is -0.469 e. The summed E-state index contributed by atoms with van der Waals surface area (Å²) in [6, 6.07) is 1.41. The van der Waals surface area contributed by atoms with Crippen LogP contribution in [0.3, 0.4) is 0 Å². The summed E-state index contributed by atoms with van der Waals surface area (Å²) in [6.07, 6.45) is -2.90. The lowest BCUT2D eigenvalue weighted by atomic mass is 10.1. The number of methoxy groups -OCH3 is 1. The van der Waals surface area contributed by atoms with Gasteiger partial charge in [-0.1, -0.05) is 0 Å². The van der Waals surface area contributed by atoms with Gasteiger partial charge in [0.1, 0.15) is 6.07 Å². The molecule has 17 heavy (non-hydrogen) atoms. The molecular formula is C10H7F3N2O2. The maximum atomic E-state index is 13.6. The summed E-state index contributed by atoms with van der Waals surface area (Å²) in [4.78, 5) is 14.3. The highest BCUT2D eigenvalue weighted by Crippen LogP contribution is 2.26. The van der Waals surface area contributed by atoms with Crippen LogP contribution in [0.4, 0.5) is 13.2 Å². The van der Waals surface area contributed by atoms with E-state index in [0.29, 0.717) is 0 Å². The average Bonchev–Trinajstić information content (AvgIpc) is 2.30. The number of nitriles is 1. The first-order chi connectivity index (χ1) is 8.01. The van der Waals surface area contributed by atoms with Crippen LogP contribution in [0.1, 0.15) is 23.2 Å². The average molecular weight is 244 g/mol. The summed E-state index contributed by atoms with van der Waals surface area (Å²) >= 11 is 0. The predicted octanol–water partition coefficient (Wildman–Crippen LogP) is 1.75. The van der Waals surface area contributed by atoms with Gasteiger partial charge in [0.15, 0.2) is 5.82 Å². The van der Waals surface area contributed by atoms with Crippen molar-refractivity contribution in [3.63, 3.8) is 0 Å². The Morgan fingerprint density at radius 1 is 1.65 bits per heavy atom. The van der Waals surface area contributed by atoms with E-state index < -0.39 is 41.5 Å². The number of nitrogens with zero attached hydrogens (tertiary/aromatic N) is 2. The fourth-order valence-electron chi connectivity index (χ4n) is 1.18. The van der Waals surface area contributed by atoms with E-state index in [-0.39, 0.29) is 0 Å². The van der Waals surface area contributed by atoms with Crippen molar-refractivity contribution >= 4 is 5.97 Å². The summed E-state index contributed by atoms with van der Waals surface area (Å²) in [5, 5.41) is 8.53. The van der Waals surface area contributed by atoms with Gasteiger partial charge in [0, 0.05) is 6.20 Å².